The van der Waals surface area contributed by atoms with Crippen LogP contribution in [0.15, 0.2) is 46.0 Å². The van der Waals surface area contributed by atoms with Gasteiger partial charge in [0.2, 0.25) is 15.0 Å². The highest BCUT2D eigenvalue weighted by Crippen LogP contribution is 2.24. The second kappa shape index (κ2) is 7.08. The zero-order chi connectivity index (χ0) is 19.0. The Labute approximate surface area is 161 Å². The van der Waals surface area contributed by atoms with E-state index in [4.69, 9.17) is 0 Å². The van der Waals surface area contributed by atoms with Crippen LogP contribution in [0.4, 0.5) is 8.78 Å². The van der Waals surface area contributed by atoms with Crippen LogP contribution < -0.4 is 4.72 Å². The van der Waals surface area contributed by atoms with Crippen LogP contribution in [0, 0.1) is 11.6 Å². The predicted molar refractivity (Wildman–Crippen MR) is 99.4 cm³/mol. The van der Waals surface area contributed by atoms with Crippen molar-refractivity contribution in [2.75, 3.05) is 6.54 Å². The molecule has 3 aromatic heterocycles. The van der Waals surface area contributed by atoms with Gasteiger partial charge in [-0.1, -0.05) is 6.07 Å². The molecule has 4 rings (SSSR count). The molecule has 1 N–H and O–H groups in total. The van der Waals surface area contributed by atoms with E-state index < -0.39 is 21.7 Å². The highest BCUT2D eigenvalue weighted by atomic mass is 32.2. The van der Waals surface area contributed by atoms with Gasteiger partial charge in [-0.15, -0.1) is 27.8 Å². The summed E-state index contributed by atoms with van der Waals surface area (Å²) in [5, 5.41) is 8.27. The van der Waals surface area contributed by atoms with Crippen LogP contribution in [0.2, 0.25) is 0 Å². The minimum absolute atomic E-state index is 0.0847. The van der Waals surface area contributed by atoms with Crippen molar-refractivity contribution in [1.29, 1.82) is 0 Å². The lowest BCUT2D eigenvalue weighted by molar-refractivity contribution is 0.504. The second-order valence-corrected chi connectivity index (χ2v) is 9.11. The van der Waals surface area contributed by atoms with E-state index in [1.807, 2.05) is 22.9 Å². The largest absolute Gasteiger partial charge is 0.240 e. The minimum atomic E-state index is -3.93. The molecule has 1 aromatic carbocycles. The summed E-state index contributed by atoms with van der Waals surface area (Å²) in [7, 11) is -3.93. The van der Waals surface area contributed by atoms with E-state index in [-0.39, 0.29) is 11.4 Å². The van der Waals surface area contributed by atoms with Gasteiger partial charge in [-0.25, -0.2) is 26.4 Å². The third kappa shape index (κ3) is 3.63. The van der Waals surface area contributed by atoms with Gasteiger partial charge in [0.1, 0.15) is 0 Å². The molecule has 0 atom stereocenters. The van der Waals surface area contributed by atoms with Crippen molar-refractivity contribution in [2.24, 2.45) is 0 Å². The molecule has 0 aliphatic carbocycles. The fourth-order valence-corrected chi connectivity index (χ4v) is 5.00. The van der Waals surface area contributed by atoms with Crippen molar-refractivity contribution in [3.05, 3.63) is 58.4 Å². The summed E-state index contributed by atoms with van der Waals surface area (Å²) < 4.78 is 54.7. The lowest BCUT2D eigenvalue weighted by Gasteiger charge is -2.06. The molecule has 11 heteroatoms. The Morgan fingerprint density at radius 2 is 2.00 bits per heavy atom. The lowest BCUT2D eigenvalue weighted by Crippen LogP contribution is -2.26. The van der Waals surface area contributed by atoms with E-state index in [1.54, 1.807) is 4.52 Å². The van der Waals surface area contributed by atoms with Crippen molar-refractivity contribution in [1.82, 2.24) is 19.3 Å². The van der Waals surface area contributed by atoms with Crippen molar-refractivity contribution < 1.29 is 17.2 Å². The molecule has 6 nitrogen and oxygen atoms in total. The Bertz CT molecular complexity index is 1200. The molecule has 0 unspecified atom stereocenters. The maximum atomic E-state index is 13.3. The Kier molecular flexibility index (Phi) is 4.76. The number of halogens is 2. The molecule has 0 fully saturated rings. The normalized spacial score (nSPS) is 12.1. The quantitative estimate of drug-likeness (QED) is 0.513. The first kappa shape index (κ1) is 18.2. The van der Waals surface area contributed by atoms with Gasteiger partial charge in [-0.05, 0) is 29.6 Å². The Hall–Kier alpha value is -2.21. The summed E-state index contributed by atoms with van der Waals surface area (Å²) in [4.78, 5) is 5.82. The maximum Gasteiger partial charge on any atom is 0.240 e. The van der Waals surface area contributed by atoms with Crippen molar-refractivity contribution in [2.45, 2.75) is 11.3 Å². The molecule has 0 aliphatic rings. The monoisotopic (exact) mass is 426 g/mol. The standard InChI is InChI=1S/C16H12F2N4O2S3/c17-12-4-3-11(8-13(12)18)27(23,24)19-6-5-10-9-26-16-20-15(21-22(10)16)14-2-1-7-25-14/h1-4,7-9,19H,5-6H2. The van der Waals surface area contributed by atoms with Crippen LogP contribution >= 0.6 is 22.7 Å². The first-order valence-corrected chi connectivity index (χ1v) is 11.0. The van der Waals surface area contributed by atoms with Gasteiger partial charge in [0.25, 0.3) is 0 Å². The van der Waals surface area contributed by atoms with Crippen molar-refractivity contribution in [3.63, 3.8) is 0 Å². The van der Waals surface area contributed by atoms with Gasteiger partial charge >= 0.3 is 0 Å². The molecule has 3 heterocycles. The van der Waals surface area contributed by atoms with E-state index in [1.165, 1.54) is 22.7 Å². The molecule has 0 amide bonds. The summed E-state index contributed by atoms with van der Waals surface area (Å²) in [6, 6.07) is 6.32. The molecule has 0 spiro atoms. The van der Waals surface area contributed by atoms with Crippen LogP contribution in [0.25, 0.3) is 15.7 Å². The predicted octanol–water partition coefficient (Wildman–Crippen LogP) is 3.32. The second-order valence-electron chi connectivity index (χ2n) is 5.56. The third-order valence-corrected chi connectivity index (χ3v) is 6.96. The topological polar surface area (TPSA) is 76.4 Å². The number of thiophene rings is 1. The molecule has 0 bridgehead atoms. The van der Waals surface area contributed by atoms with Crippen LogP contribution in [-0.2, 0) is 16.4 Å². The minimum Gasteiger partial charge on any atom is -0.211 e. The van der Waals surface area contributed by atoms with Gasteiger partial charge in [0.05, 0.1) is 15.5 Å². The van der Waals surface area contributed by atoms with Gasteiger partial charge in [-0.3, -0.25) is 0 Å². The SMILES string of the molecule is O=S(=O)(NCCc1csc2nc(-c3cccs3)nn12)c1ccc(F)c(F)c1. The number of sulfonamides is 1. The van der Waals surface area contributed by atoms with E-state index in [9.17, 15) is 17.2 Å². The van der Waals surface area contributed by atoms with Crippen LogP contribution in [0.1, 0.15) is 5.69 Å². The number of hydrogen-bond donors (Lipinski definition) is 1. The van der Waals surface area contributed by atoms with Gasteiger partial charge < -0.3 is 0 Å². The summed E-state index contributed by atoms with van der Waals surface area (Å²) in [5.74, 6) is -1.68. The van der Waals surface area contributed by atoms with Crippen LogP contribution in [0.5, 0.6) is 0 Å². The summed E-state index contributed by atoms with van der Waals surface area (Å²) >= 11 is 2.95. The van der Waals surface area contributed by atoms with E-state index in [0.29, 0.717) is 18.3 Å². The number of rotatable bonds is 6. The molecule has 0 radical (unpaired) electrons. The van der Waals surface area contributed by atoms with E-state index in [2.05, 4.69) is 14.8 Å². The summed E-state index contributed by atoms with van der Waals surface area (Å²) in [5.41, 5.74) is 0.804. The number of benzene rings is 1. The first-order chi connectivity index (χ1) is 12.9. The lowest BCUT2D eigenvalue weighted by atomic mass is 10.3. The van der Waals surface area contributed by atoms with Crippen molar-refractivity contribution in [3.8, 4) is 10.7 Å². The number of fused-ring (bicyclic) bond motifs is 1. The molecule has 4 aromatic rings. The number of hydrogen-bond acceptors (Lipinski definition) is 6. The average Bonchev–Trinajstić information content (AvgIpc) is 3.34. The third-order valence-electron chi connectivity index (χ3n) is 3.77. The maximum absolute atomic E-state index is 13.3. The fourth-order valence-electron chi connectivity index (χ4n) is 2.45. The Morgan fingerprint density at radius 1 is 1.15 bits per heavy atom. The molecule has 0 saturated heterocycles. The number of nitrogens with one attached hydrogen (secondary N) is 1. The number of nitrogens with zero attached hydrogens (tertiary/aromatic N) is 3. The highest BCUT2D eigenvalue weighted by Gasteiger charge is 2.17. The molecule has 0 aliphatic heterocycles. The van der Waals surface area contributed by atoms with Gasteiger partial charge in [-0.2, -0.15) is 4.98 Å². The number of aromatic nitrogens is 3. The van der Waals surface area contributed by atoms with Crippen LogP contribution in [-0.4, -0.2) is 29.6 Å². The molecular formula is C16H12F2N4O2S3. The molecular weight excluding hydrogens is 414 g/mol. The van der Waals surface area contributed by atoms with E-state index >= 15 is 0 Å². The first-order valence-electron chi connectivity index (χ1n) is 7.76. The van der Waals surface area contributed by atoms with Gasteiger partial charge in [0.15, 0.2) is 17.5 Å². The highest BCUT2D eigenvalue weighted by molar-refractivity contribution is 7.89. The molecule has 140 valence electrons. The van der Waals surface area contributed by atoms with Gasteiger partial charge in [0, 0.05) is 18.3 Å². The average molecular weight is 426 g/mol. The van der Waals surface area contributed by atoms with Crippen molar-refractivity contribution >= 4 is 37.7 Å². The van der Waals surface area contributed by atoms with Crippen LogP contribution in [0.3, 0.4) is 0 Å². The zero-order valence-electron chi connectivity index (χ0n) is 13.6. The summed E-state index contributed by atoms with van der Waals surface area (Å²) in [6.07, 6.45) is 0.371. The summed E-state index contributed by atoms with van der Waals surface area (Å²) in [6.45, 7) is 0.0847. The Balaban J connectivity index is 1.48. The smallest absolute Gasteiger partial charge is 0.211 e. The molecule has 0 saturated carbocycles. The van der Waals surface area contributed by atoms with E-state index in [0.717, 1.165) is 27.7 Å². The Morgan fingerprint density at radius 3 is 2.74 bits per heavy atom. The number of thiazole rings is 1. The zero-order valence-corrected chi connectivity index (χ0v) is 16.0. The fraction of sp³-hybridized carbons (Fsp3) is 0.125. The molecule has 27 heavy (non-hydrogen) atoms.